The summed E-state index contributed by atoms with van der Waals surface area (Å²) >= 11 is 0. The van der Waals surface area contributed by atoms with Gasteiger partial charge in [-0.1, -0.05) is 5.16 Å². The first kappa shape index (κ1) is 13.0. The van der Waals surface area contributed by atoms with Gasteiger partial charge in [0.15, 0.2) is 0 Å². The maximum Gasteiger partial charge on any atom is 0.240 e. The average molecular weight is 253 g/mol. The molecule has 1 amide bonds. The van der Waals surface area contributed by atoms with Crippen molar-refractivity contribution in [2.75, 3.05) is 31.6 Å². The number of nitrogens with zero attached hydrogens (tertiary/aromatic N) is 2. The first-order chi connectivity index (χ1) is 8.44. The van der Waals surface area contributed by atoms with E-state index in [1.165, 1.54) is 0 Å². The van der Waals surface area contributed by atoms with Gasteiger partial charge in [-0.05, 0) is 20.8 Å². The Bertz CT molecular complexity index is 428. The van der Waals surface area contributed by atoms with E-state index in [0.717, 1.165) is 18.8 Å². The van der Waals surface area contributed by atoms with Gasteiger partial charge in [0, 0.05) is 19.2 Å². The minimum absolute atomic E-state index is 0.0937. The highest BCUT2D eigenvalue weighted by molar-refractivity contribution is 5.90. The summed E-state index contributed by atoms with van der Waals surface area (Å²) in [5, 5.41) is 6.40. The number of nitrogens with one attached hydrogen (secondary N) is 1. The third-order valence-corrected chi connectivity index (χ3v) is 2.76. The van der Waals surface area contributed by atoms with Crippen LogP contribution in [0.3, 0.4) is 0 Å². The number of hydrogen-bond acceptors (Lipinski definition) is 5. The third kappa shape index (κ3) is 3.54. The van der Waals surface area contributed by atoms with E-state index in [4.69, 9.17) is 9.26 Å². The number of morpholine rings is 1. The molecule has 1 saturated heterocycles. The molecule has 1 N–H and O–H groups in total. The summed E-state index contributed by atoms with van der Waals surface area (Å²) in [6, 6.07) is 1.70. The van der Waals surface area contributed by atoms with Crippen LogP contribution in [0.4, 0.5) is 5.88 Å². The van der Waals surface area contributed by atoms with Crippen molar-refractivity contribution in [3.8, 4) is 0 Å². The number of amides is 1. The van der Waals surface area contributed by atoms with Gasteiger partial charge < -0.3 is 9.26 Å². The fourth-order valence-corrected chi connectivity index (χ4v) is 2.05. The second-order valence-corrected chi connectivity index (χ2v) is 5.20. The van der Waals surface area contributed by atoms with E-state index in [0.29, 0.717) is 19.0 Å². The van der Waals surface area contributed by atoms with E-state index < -0.39 is 0 Å². The quantitative estimate of drug-likeness (QED) is 0.871. The highest BCUT2D eigenvalue weighted by Crippen LogP contribution is 2.16. The van der Waals surface area contributed by atoms with Gasteiger partial charge in [-0.3, -0.25) is 15.0 Å². The van der Waals surface area contributed by atoms with Gasteiger partial charge in [-0.2, -0.15) is 0 Å². The largest absolute Gasteiger partial charge is 0.373 e. The molecule has 0 aliphatic carbocycles. The predicted molar refractivity (Wildman–Crippen MR) is 66.3 cm³/mol. The van der Waals surface area contributed by atoms with Crippen LogP contribution in [0.15, 0.2) is 10.6 Å². The summed E-state index contributed by atoms with van der Waals surface area (Å²) in [4.78, 5) is 13.9. The van der Waals surface area contributed by atoms with Crippen LogP contribution in [0, 0.1) is 6.92 Å². The number of hydrogen-bond donors (Lipinski definition) is 1. The number of ether oxygens (including phenoxy) is 1. The highest BCUT2D eigenvalue weighted by Gasteiger charge is 2.28. The fourth-order valence-electron chi connectivity index (χ4n) is 2.05. The van der Waals surface area contributed by atoms with Crippen molar-refractivity contribution in [1.29, 1.82) is 0 Å². The maximum atomic E-state index is 11.8. The number of aryl methyl sites for hydroxylation is 1. The lowest BCUT2D eigenvalue weighted by Gasteiger charge is -2.37. The molecule has 18 heavy (non-hydrogen) atoms. The second kappa shape index (κ2) is 5.07. The summed E-state index contributed by atoms with van der Waals surface area (Å²) in [5.41, 5.74) is 0.555. The standard InChI is InChI=1S/C12H19N3O3/c1-9-6-11(18-14-9)13-10(16)7-15-4-5-17-12(2,3)8-15/h6H,4-5,7-8H2,1-3H3,(H,13,16). The maximum absolute atomic E-state index is 11.8. The molecule has 0 saturated carbocycles. The molecule has 0 atom stereocenters. The van der Waals surface area contributed by atoms with Crippen LogP contribution in [0.5, 0.6) is 0 Å². The SMILES string of the molecule is Cc1cc(NC(=O)CN2CCOC(C)(C)C2)on1. The molecule has 0 radical (unpaired) electrons. The Kier molecular flexibility index (Phi) is 3.68. The van der Waals surface area contributed by atoms with Gasteiger partial charge in [-0.15, -0.1) is 0 Å². The Hall–Kier alpha value is -1.40. The Balaban J connectivity index is 1.84. The number of carbonyl (C=O) groups excluding carboxylic acids is 1. The third-order valence-electron chi connectivity index (χ3n) is 2.76. The smallest absolute Gasteiger partial charge is 0.240 e. The van der Waals surface area contributed by atoms with E-state index in [1.807, 2.05) is 20.8 Å². The molecule has 0 aromatic carbocycles. The highest BCUT2D eigenvalue weighted by atomic mass is 16.5. The number of carbonyl (C=O) groups is 1. The van der Waals surface area contributed by atoms with Crippen molar-refractivity contribution >= 4 is 11.8 Å². The molecular formula is C12H19N3O3. The number of rotatable bonds is 3. The normalized spacial score (nSPS) is 19.7. The molecule has 2 rings (SSSR count). The van der Waals surface area contributed by atoms with Gasteiger partial charge in [0.2, 0.25) is 11.8 Å². The summed E-state index contributed by atoms with van der Waals surface area (Å²) < 4.78 is 10.5. The van der Waals surface area contributed by atoms with Gasteiger partial charge in [-0.25, -0.2) is 0 Å². The summed E-state index contributed by atoms with van der Waals surface area (Å²) in [6.07, 6.45) is 0. The van der Waals surface area contributed by atoms with Crippen molar-refractivity contribution in [3.63, 3.8) is 0 Å². The molecule has 1 aromatic rings. The van der Waals surface area contributed by atoms with Gasteiger partial charge in [0.1, 0.15) is 0 Å². The zero-order chi connectivity index (χ0) is 13.2. The fraction of sp³-hybridized carbons (Fsp3) is 0.667. The Morgan fingerprint density at radius 1 is 1.61 bits per heavy atom. The van der Waals surface area contributed by atoms with Crippen LogP contribution >= 0.6 is 0 Å². The van der Waals surface area contributed by atoms with Crippen molar-refractivity contribution in [3.05, 3.63) is 11.8 Å². The minimum atomic E-state index is -0.193. The molecule has 1 aromatic heterocycles. The molecule has 6 heteroatoms. The van der Waals surface area contributed by atoms with E-state index in [2.05, 4.69) is 15.4 Å². The molecule has 0 spiro atoms. The van der Waals surface area contributed by atoms with Crippen LogP contribution in [-0.4, -0.2) is 47.8 Å². The summed E-state index contributed by atoms with van der Waals surface area (Å²) in [6.45, 7) is 8.37. The lowest BCUT2D eigenvalue weighted by molar-refractivity contribution is -0.122. The monoisotopic (exact) mass is 253 g/mol. The van der Waals surface area contributed by atoms with Crippen LogP contribution in [0.2, 0.25) is 0 Å². The van der Waals surface area contributed by atoms with E-state index in [1.54, 1.807) is 6.07 Å². The van der Waals surface area contributed by atoms with Crippen molar-refractivity contribution < 1.29 is 14.1 Å². The van der Waals surface area contributed by atoms with Crippen molar-refractivity contribution in [2.24, 2.45) is 0 Å². The molecule has 100 valence electrons. The van der Waals surface area contributed by atoms with Crippen LogP contribution in [-0.2, 0) is 9.53 Å². The van der Waals surface area contributed by atoms with Crippen molar-refractivity contribution in [2.45, 2.75) is 26.4 Å². The van der Waals surface area contributed by atoms with Crippen molar-refractivity contribution in [1.82, 2.24) is 10.1 Å². The molecule has 1 fully saturated rings. The second-order valence-electron chi connectivity index (χ2n) is 5.20. The predicted octanol–water partition coefficient (Wildman–Crippen LogP) is 1.03. The molecule has 0 bridgehead atoms. The summed E-state index contributed by atoms with van der Waals surface area (Å²) in [5.74, 6) is 0.300. The molecular weight excluding hydrogens is 234 g/mol. The molecule has 1 aliphatic heterocycles. The Labute approximate surface area is 106 Å². The molecule has 1 aliphatic rings. The first-order valence-electron chi connectivity index (χ1n) is 6.04. The molecule has 0 unspecified atom stereocenters. The van der Waals surface area contributed by atoms with Crippen LogP contribution < -0.4 is 5.32 Å². The minimum Gasteiger partial charge on any atom is -0.373 e. The number of aromatic nitrogens is 1. The van der Waals surface area contributed by atoms with Gasteiger partial charge in [0.25, 0.3) is 0 Å². The average Bonchev–Trinajstić information content (AvgIpc) is 2.62. The van der Waals surface area contributed by atoms with Gasteiger partial charge in [0.05, 0.1) is 24.4 Å². The Morgan fingerprint density at radius 2 is 2.39 bits per heavy atom. The number of anilines is 1. The molecule has 2 heterocycles. The summed E-state index contributed by atoms with van der Waals surface area (Å²) in [7, 11) is 0. The van der Waals surface area contributed by atoms with E-state index in [-0.39, 0.29) is 11.5 Å². The van der Waals surface area contributed by atoms with E-state index in [9.17, 15) is 4.79 Å². The van der Waals surface area contributed by atoms with E-state index >= 15 is 0 Å². The lowest BCUT2D eigenvalue weighted by Crippen LogP contribution is -2.50. The van der Waals surface area contributed by atoms with Crippen LogP contribution in [0.25, 0.3) is 0 Å². The van der Waals surface area contributed by atoms with Crippen LogP contribution in [0.1, 0.15) is 19.5 Å². The first-order valence-corrected chi connectivity index (χ1v) is 6.04. The Morgan fingerprint density at radius 3 is 3.00 bits per heavy atom. The zero-order valence-corrected chi connectivity index (χ0v) is 11.0. The van der Waals surface area contributed by atoms with Gasteiger partial charge >= 0.3 is 0 Å². The lowest BCUT2D eigenvalue weighted by atomic mass is 10.1. The topological polar surface area (TPSA) is 67.6 Å². The zero-order valence-electron chi connectivity index (χ0n) is 11.0. The molecule has 6 nitrogen and oxygen atoms in total.